The quantitative estimate of drug-likeness (QED) is 0.445. The van der Waals surface area contributed by atoms with Crippen molar-refractivity contribution in [1.29, 1.82) is 0 Å². The molecule has 1 aliphatic rings. The summed E-state index contributed by atoms with van der Waals surface area (Å²) in [6.45, 7) is 5.72. The van der Waals surface area contributed by atoms with Gasteiger partial charge in [-0.15, -0.1) is 0 Å². The first-order valence-electron chi connectivity index (χ1n) is 4.52. The van der Waals surface area contributed by atoms with E-state index >= 15 is 0 Å². The van der Waals surface area contributed by atoms with Crippen LogP contribution in [0.4, 0.5) is 0 Å². The fraction of sp³-hybridized carbons (Fsp3) is 0.800. The van der Waals surface area contributed by atoms with E-state index < -0.39 is 0 Å². The molecule has 70 valence electrons. The van der Waals surface area contributed by atoms with Crippen molar-refractivity contribution in [2.24, 2.45) is 0 Å². The van der Waals surface area contributed by atoms with Crippen molar-refractivity contribution < 1.29 is 16.5 Å². The van der Waals surface area contributed by atoms with Crippen LogP contribution in [-0.4, -0.2) is 0 Å². The molecule has 0 nitrogen and oxygen atoms in total. The van der Waals surface area contributed by atoms with E-state index in [-0.39, 0.29) is 16.5 Å². The van der Waals surface area contributed by atoms with Gasteiger partial charge in [0.05, 0.1) is 0 Å². The number of rotatable bonds is 1. The fourth-order valence-electron chi connectivity index (χ4n) is 0.898. The second-order valence-electron chi connectivity index (χ2n) is 2.78. The van der Waals surface area contributed by atoms with Crippen molar-refractivity contribution in [3.8, 4) is 0 Å². The van der Waals surface area contributed by atoms with Gasteiger partial charge in [-0.25, -0.2) is 0 Å². The molecule has 0 unspecified atom stereocenters. The second kappa shape index (κ2) is 13.1. The molecule has 0 radical (unpaired) electrons. The molecule has 0 aromatic heterocycles. The van der Waals surface area contributed by atoms with Gasteiger partial charge in [0.1, 0.15) is 0 Å². The molecule has 1 fully saturated rings. The molecule has 0 atom stereocenters. The third-order valence-corrected chi connectivity index (χ3v) is 1.67. The predicted octanol–water partition coefficient (Wildman–Crippen LogP) is 3.77. The van der Waals surface area contributed by atoms with Gasteiger partial charge in [-0.2, -0.15) is 19.3 Å². The Labute approximate surface area is 82.1 Å². The Kier molecular flexibility index (Phi) is 16.7. The van der Waals surface area contributed by atoms with E-state index in [0.29, 0.717) is 0 Å². The summed E-state index contributed by atoms with van der Waals surface area (Å²) in [7, 11) is 0. The van der Waals surface area contributed by atoms with Crippen molar-refractivity contribution >= 4 is 0 Å². The summed E-state index contributed by atoms with van der Waals surface area (Å²) in [6.07, 6.45) is 11.8. The Morgan fingerprint density at radius 2 is 1.64 bits per heavy atom. The van der Waals surface area contributed by atoms with Gasteiger partial charge in [0.25, 0.3) is 0 Å². The van der Waals surface area contributed by atoms with E-state index in [2.05, 4.69) is 20.3 Å². The van der Waals surface area contributed by atoms with Crippen molar-refractivity contribution in [3.63, 3.8) is 0 Å². The van der Waals surface area contributed by atoms with Crippen LogP contribution in [0.1, 0.15) is 51.9 Å². The summed E-state index contributed by atoms with van der Waals surface area (Å²) in [4.78, 5) is 0. The standard InChI is InChI=1S/C6H11.C4H9.Ni/c1-2-4-6-5-3-1;1-3-4-2;/h1H,2-6H2;1,3-4H2,2H3;/q2*-1;+2. The molecule has 0 bridgehead atoms. The molecule has 1 rings (SSSR count). The molecule has 11 heavy (non-hydrogen) atoms. The van der Waals surface area contributed by atoms with Gasteiger partial charge in [-0.05, 0) is 0 Å². The maximum atomic E-state index is 3.60. The molecule has 0 N–H and O–H groups in total. The van der Waals surface area contributed by atoms with Crippen molar-refractivity contribution in [1.82, 2.24) is 0 Å². The topological polar surface area (TPSA) is 0 Å². The molecule has 1 saturated carbocycles. The molecule has 0 saturated heterocycles. The Bertz CT molecular complexity index is 35.3. The van der Waals surface area contributed by atoms with Crippen LogP contribution >= 0.6 is 0 Å². The van der Waals surface area contributed by atoms with E-state index in [0.717, 1.165) is 6.42 Å². The number of hydrogen-bond acceptors (Lipinski definition) is 0. The summed E-state index contributed by atoms with van der Waals surface area (Å²) < 4.78 is 0. The normalized spacial score (nSPS) is 15.8. The zero-order valence-electron chi connectivity index (χ0n) is 7.55. The molecule has 0 heterocycles. The van der Waals surface area contributed by atoms with Crippen LogP contribution in [0.15, 0.2) is 0 Å². The van der Waals surface area contributed by atoms with Gasteiger partial charge in [0, 0.05) is 0 Å². The van der Waals surface area contributed by atoms with Crippen LogP contribution in [0.5, 0.6) is 0 Å². The second-order valence-corrected chi connectivity index (χ2v) is 2.78. The molecule has 0 spiro atoms. The van der Waals surface area contributed by atoms with Crippen molar-refractivity contribution in [2.45, 2.75) is 51.9 Å². The zero-order valence-corrected chi connectivity index (χ0v) is 8.54. The van der Waals surface area contributed by atoms with E-state index in [1.165, 1.54) is 38.5 Å². The van der Waals surface area contributed by atoms with Crippen LogP contribution in [0.2, 0.25) is 0 Å². The molecular weight excluding hydrogens is 179 g/mol. The van der Waals surface area contributed by atoms with Crippen LogP contribution in [0.3, 0.4) is 0 Å². The van der Waals surface area contributed by atoms with E-state index in [4.69, 9.17) is 0 Å². The minimum Gasteiger partial charge on any atom is -0.343 e. The molecule has 1 heteroatoms. The molecular formula is C10H20Ni. The SMILES string of the molecule is [CH-]1CCCCC1.[CH2-]CCC.[Ni+2]. The average molecular weight is 199 g/mol. The third kappa shape index (κ3) is 13.5. The fourth-order valence-corrected chi connectivity index (χ4v) is 0.898. The summed E-state index contributed by atoms with van der Waals surface area (Å²) in [5.41, 5.74) is 0. The monoisotopic (exact) mass is 198 g/mol. The van der Waals surface area contributed by atoms with Crippen LogP contribution in [0, 0.1) is 13.3 Å². The molecule has 0 aromatic rings. The first-order valence-corrected chi connectivity index (χ1v) is 4.52. The van der Waals surface area contributed by atoms with Gasteiger partial charge >= 0.3 is 16.5 Å². The summed E-state index contributed by atoms with van der Waals surface area (Å²) in [5, 5.41) is 0. The molecule has 0 amide bonds. The van der Waals surface area contributed by atoms with Gasteiger partial charge in [0.2, 0.25) is 0 Å². The van der Waals surface area contributed by atoms with Crippen LogP contribution in [-0.2, 0) is 16.5 Å². The van der Waals surface area contributed by atoms with Crippen LogP contribution in [0.25, 0.3) is 0 Å². The summed E-state index contributed by atoms with van der Waals surface area (Å²) in [6, 6.07) is 0. The summed E-state index contributed by atoms with van der Waals surface area (Å²) >= 11 is 0. The van der Waals surface area contributed by atoms with Crippen LogP contribution < -0.4 is 0 Å². The van der Waals surface area contributed by atoms with Crippen molar-refractivity contribution in [3.05, 3.63) is 13.3 Å². The Morgan fingerprint density at radius 3 is 1.73 bits per heavy atom. The van der Waals surface area contributed by atoms with Crippen molar-refractivity contribution in [2.75, 3.05) is 0 Å². The minimum absolute atomic E-state index is 0. The minimum atomic E-state index is 0. The Morgan fingerprint density at radius 1 is 1.18 bits per heavy atom. The number of unbranched alkanes of at least 4 members (excludes halogenated alkanes) is 1. The van der Waals surface area contributed by atoms with Gasteiger partial charge in [-0.3, -0.25) is 0 Å². The Balaban J connectivity index is 0. The maximum Gasteiger partial charge on any atom is 2.00 e. The zero-order chi connectivity index (χ0) is 7.66. The average Bonchev–Trinajstić information content (AvgIpc) is 2.08. The summed E-state index contributed by atoms with van der Waals surface area (Å²) in [5.74, 6) is 0. The van der Waals surface area contributed by atoms with E-state index in [1.807, 2.05) is 0 Å². The first-order chi connectivity index (χ1) is 4.91. The smallest absolute Gasteiger partial charge is 0.343 e. The van der Waals surface area contributed by atoms with E-state index in [1.54, 1.807) is 0 Å². The molecule has 0 aliphatic heterocycles. The van der Waals surface area contributed by atoms with E-state index in [9.17, 15) is 0 Å². The molecule has 1 aliphatic carbocycles. The van der Waals surface area contributed by atoms with Gasteiger partial charge in [-0.1, -0.05) is 32.6 Å². The third-order valence-electron chi connectivity index (χ3n) is 1.67. The predicted molar refractivity (Wildman–Crippen MR) is 47.7 cm³/mol. The van der Waals surface area contributed by atoms with Gasteiger partial charge < -0.3 is 13.3 Å². The Hall–Kier alpha value is 0.494. The molecule has 0 aromatic carbocycles. The largest absolute Gasteiger partial charge is 2.00 e. The van der Waals surface area contributed by atoms with Gasteiger partial charge in [0.15, 0.2) is 0 Å². The first kappa shape index (κ1) is 14.0. The number of hydrogen-bond donors (Lipinski definition) is 0. The maximum absolute atomic E-state index is 3.60.